The fourth-order valence-corrected chi connectivity index (χ4v) is 1.01. The van der Waals surface area contributed by atoms with Gasteiger partial charge in [0.25, 0.3) is 0 Å². The van der Waals surface area contributed by atoms with Crippen molar-refractivity contribution in [2.24, 2.45) is 5.11 Å². The lowest BCUT2D eigenvalue weighted by atomic mass is 10.3. The Bertz CT molecular complexity index is 290. The predicted molar refractivity (Wildman–Crippen MR) is 44.0 cm³/mol. The van der Waals surface area contributed by atoms with Crippen LogP contribution in [0.3, 0.4) is 0 Å². The van der Waals surface area contributed by atoms with Crippen molar-refractivity contribution in [3.05, 3.63) is 33.0 Å². The van der Waals surface area contributed by atoms with E-state index in [-0.39, 0.29) is 6.04 Å². The van der Waals surface area contributed by atoms with Crippen LogP contribution in [0.2, 0.25) is 0 Å². The van der Waals surface area contributed by atoms with Gasteiger partial charge in [0.05, 0.1) is 6.04 Å². The Kier molecular flexibility index (Phi) is 2.57. The van der Waals surface area contributed by atoms with Gasteiger partial charge in [-0.05, 0) is 40.5 Å². The summed E-state index contributed by atoms with van der Waals surface area (Å²) in [5, 5.41) is 3.47. The first-order chi connectivity index (χ1) is 5.24. The summed E-state index contributed by atoms with van der Waals surface area (Å²) in [4.78, 5) is 2.67. The van der Waals surface area contributed by atoms with Crippen LogP contribution in [0.1, 0.15) is 18.7 Å². The van der Waals surface area contributed by atoms with Gasteiger partial charge in [-0.25, -0.2) is 0 Å². The van der Waals surface area contributed by atoms with E-state index in [1.165, 1.54) is 0 Å². The molecule has 0 saturated heterocycles. The molecule has 0 unspecified atom stereocenters. The molecule has 11 heavy (non-hydrogen) atoms. The standard InChI is InChI=1S/C6H6BrN3O/c1-4(9-10-8)5-2-3-6(7)11-5/h2-4H,1H3/t4-/m1/s1. The Balaban J connectivity index is 2.84. The first-order valence-electron chi connectivity index (χ1n) is 3.03. The number of furan rings is 1. The van der Waals surface area contributed by atoms with Gasteiger partial charge in [0.2, 0.25) is 0 Å². The number of hydrogen-bond acceptors (Lipinski definition) is 2. The van der Waals surface area contributed by atoms with E-state index in [2.05, 4.69) is 26.0 Å². The van der Waals surface area contributed by atoms with Gasteiger partial charge in [0, 0.05) is 4.91 Å². The van der Waals surface area contributed by atoms with Gasteiger partial charge in [-0.2, -0.15) is 0 Å². The van der Waals surface area contributed by atoms with Crippen LogP contribution in [0.4, 0.5) is 0 Å². The fraction of sp³-hybridized carbons (Fsp3) is 0.333. The van der Waals surface area contributed by atoms with Crippen LogP contribution in [0, 0.1) is 0 Å². The van der Waals surface area contributed by atoms with Crippen molar-refractivity contribution in [3.8, 4) is 0 Å². The molecule has 0 bridgehead atoms. The highest BCUT2D eigenvalue weighted by Gasteiger charge is 2.06. The molecule has 4 nitrogen and oxygen atoms in total. The predicted octanol–water partition coefficient (Wildman–Crippen LogP) is 3.41. The second-order valence-corrected chi connectivity index (χ2v) is 2.80. The number of nitrogens with zero attached hydrogens (tertiary/aromatic N) is 3. The average Bonchev–Trinajstić information content (AvgIpc) is 2.36. The molecule has 1 heterocycles. The number of halogens is 1. The van der Waals surface area contributed by atoms with Crippen LogP contribution in [0.15, 0.2) is 26.3 Å². The second kappa shape index (κ2) is 3.46. The van der Waals surface area contributed by atoms with Gasteiger partial charge in [0.15, 0.2) is 4.67 Å². The fourth-order valence-electron chi connectivity index (χ4n) is 0.687. The zero-order valence-electron chi connectivity index (χ0n) is 5.86. The summed E-state index contributed by atoms with van der Waals surface area (Å²) in [5.41, 5.74) is 8.11. The van der Waals surface area contributed by atoms with Gasteiger partial charge in [-0.15, -0.1) is 0 Å². The van der Waals surface area contributed by atoms with Crippen LogP contribution >= 0.6 is 15.9 Å². The van der Waals surface area contributed by atoms with Crippen molar-refractivity contribution in [3.63, 3.8) is 0 Å². The number of hydrogen-bond donors (Lipinski definition) is 0. The highest BCUT2D eigenvalue weighted by molar-refractivity contribution is 9.10. The van der Waals surface area contributed by atoms with Crippen molar-refractivity contribution in [2.75, 3.05) is 0 Å². The van der Waals surface area contributed by atoms with Crippen LogP contribution < -0.4 is 0 Å². The molecule has 0 spiro atoms. The number of azide groups is 1. The van der Waals surface area contributed by atoms with Gasteiger partial charge in [-0.3, -0.25) is 0 Å². The monoisotopic (exact) mass is 215 g/mol. The summed E-state index contributed by atoms with van der Waals surface area (Å²) in [6.45, 7) is 1.77. The lowest BCUT2D eigenvalue weighted by Gasteiger charge is -1.96. The molecule has 0 aromatic carbocycles. The Morgan fingerprint density at radius 2 is 2.45 bits per heavy atom. The Hall–Kier alpha value is -0.930. The Morgan fingerprint density at radius 1 is 1.73 bits per heavy atom. The molecule has 0 fully saturated rings. The van der Waals surface area contributed by atoms with Crippen molar-refractivity contribution >= 4 is 15.9 Å². The van der Waals surface area contributed by atoms with E-state index in [0.29, 0.717) is 10.4 Å². The minimum absolute atomic E-state index is 0.244. The zero-order chi connectivity index (χ0) is 8.27. The normalized spacial score (nSPS) is 12.2. The minimum atomic E-state index is -0.244. The first-order valence-corrected chi connectivity index (χ1v) is 3.83. The van der Waals surface area contributed by atoms with Crippen LogP contribution in [-0.4, -0.2) is 0 Å². The minimum Gasteiger partial charge on any atom is -0.454 e. The molecule has 1 aromatic rings. The van der Waals surface area contributed by atoms with Crippen LogP contribution in [0.25, 0.3) is 10.4 Å². The van der Waals surface area contributed by atoms with E-state index in [0.717, 1.165) is 0 Å². The van der Waals surface area contributed by atoms with Gasteiger partial charge in [0.1, 0.15) is 5.76 Å². The summed E-state index contributed by atoms with van der Waals surface area (Å²) in [6, 6.07) is 3.29. The van der Waals surface area contributed by atoms with Gasteiger partial charge < -0.3 is 4.42 Å². The molecule has 0 aliphatic heterocycles. The summed E-state index contributed by atoms with van der Waals surface area (Å²) >= 11 is 3.15. The van der Waals surface area contributed by atoms with Crippen LogP contribution in [0.5, 0.6) is 0 Å². The van der Waals surface area contributed by atoms with Crippen LogP contribution in [-0.2, 0) is 0 Å². The van der Waals surface area contributed by atoms with E-state index >= 15 is 0 Å². The average molecular weight is 216 g/mol. The van der Waals surface area contributed by atoms with E-state index in [4.69, 9.17) is 9.95 Å². The maximum atomic E-state index is 8.11. The van der Waals surface area contributed by atoms with Crippen molar-refractivity contribution in [2.45, 2.75) is 13.0 Å². The maximum Gasteiger partial charge on any atom is 0.169 e. The summed E-state index contributed by atoms with van der Waals surface area (Å²) in [6.07, 6.45) is 0. The molecule has 0 N–H and O–H groups in total. The van der Waals surface area contributed by atoms with E-state index in [1.807, 2.05) is 0 Å². The topological polar surface area (TPSA) is 61.9 Å². The molecule has 5 heteroatoms. The highest BCUT2D eigenvalue weighted by atomic mass is 79.9. The third-order valence-electron chi connectivity index (χ3n) is 1.23. The Labute approximate surface area is 72.0 Å². The van der Waals surface area contributed by atoms with Gasteiger partial charge >= 0.3 is 0 Å². The third-order valence-corrected chi connectivity index (χ3v) is 1.66. The molecule has 1 aromatic heterocycles. The van der Waals surface area contributed by atoms with E-state index < -0.39 is 0 Å². The summed E-state index contributed by atoms with van der Waals surface area (Å²) in [5.74, 6) is 0.662. The SMILES string of the molecule is C[C@@H](N=[N+]=[N-])c1ccc(Br)o1. The van der Waals surface area contributed by atoms with E-state index in [9.17, 15) is 0 Å². The zero-order valence-corrected chi connectivity index (χ0v) is 7.45. The smallest absolute Gasteiger partial charge is 0.169 e. The second-order valence-electron chi connectivity index (χ2n) is 2.02. The molecular weight excluding hydrogens is 210 g/mol. The van der Waals surface area contributed by atoms with E-state index in [1.54, 1.807) is 19.1 Å². The molecule has 1 atom stereocenters. The molecule has 58 valence electrons. The van der Waals surface area contributed by atoms with Crippen molar-refractivity contribution < 1.29 is 4.42 Å². The first kappa shape index (κ1) is 8.17. The quantitative estimate of drug-likeness (QED) is 0.424. The van der Waals surface area contributed by atoms with Gasteiger partial charge in [-0.1, -0.05) is 5.11 Å². The van der Waals surface area contributed by atoms with Crippen molar-refractivity contribution in [1.29, 1.82) is 0 Å². The Morgan fingerprint density at radius 3 is 2.91 bits per heavy atom. The molecule has 0 aliphatic rings. The lowest BCUT2D eigenvalue weighted by Crippen LogP contribution is -1.82. The molecule has 0 saturated carbocycles. The molecule has 0 radical (unpaired) electrons. The van der Waals surface area contributed by atoms with Crippen molar-refractivity contribution in [1.82, 2.24) is 0 Å². The molecule has 0 amide bonds. The number of rotatable bonds is 2. The molecular formula is C6H6BrN3O. The summed E-state index contributed by atoms with van der Waals surface area (Å²) < 4.78 is 5.80. The highest BCUT2D eigenvalue weighted by Crippen LogP contribution is 2.22. The third kappa shape index (κ3) is 2.00. The largest absolute Gasteiger partial charge is 0.454 e. The maximum absolute atomic E-state index is 8.11. The summed E-state index contributed by atoms with van der Waals surface area (Å²) in [7, 11) is 0. The molecule has 0 aliphatic carbocycles. The molecule has 1 rings (SSSR count). The lowest BCUT2D eigenvalue weighted by molar-refractivity contribution is 0.461.